The van der Waals surface area contributed by atoms with Crippen LogP contribution in [0, 0.1) is 0 Å². The summed E-state index contributed by atoms with van der Waals surface area (Å²) in [6, 6.07) is 0. The smallest absolute Gasteiger partial charge is 0.0931 e. The van der Waals surface area contributed by atoms with Gasteiger partial charge in [0.15, 0.2) is 0 Å². The highest BCUT2D eigenvalue weighted by atomic mass is 16.7. The Labute approximate surface area is 142 Å². The topological polar surface area (TPSA) is 28.2 Å². The van der Waals surface area contributed by atoms with Gasteiger partial charge in [-0.1, -0.05) is 0 Å². The standard InChI is InChI=1S/C18H37N3O2/c1-17(2,3)20-9-11-21(12-10-20)23-16-7-8-19(15-16)13-14-22-18(4,5)6/h16H,7-15H2,1-6H3. The van der Waals surface area contributed by atoms with Gasteiger partial charge in [0.2, 0.25) is 0 Å². The fourth-order valence-corrected chi connectivity index (χ4v) is 3.24. The lowest BCUT2D eigenvalue weighted by molar-refractivity contribution is -0.212. The first-order valence-electron chi connectivity index (χ1n) is 9.16. The van der Waals surface area contributed by atoms with Crippen LogP contribution in [0.15, 0.2) is 0 Å². The normalized spacial score (nSPS) is 26.1. The minimum atomic E-state index is -0.0393. The minimum absolute atomic E-state index is 0.0393. The van der Waals surface area contributed by atoms with Crippen LogP contribution in [-0.2, 0) is 9.57 Å². The number of piperazine rings is 1. The van der Waals surface area contributed by atoms with Crippen molar-refractivity contribution in [3.63, 3.8) is 0 Å². The van der Waals surface area contributed by atoms with Crippen molar-refractivity contribution in [3.8, 4) is 0 Å². The van der Waals surface area contributed by atoms with Crippen LogP contribution < -0.4 is 0 Å². The van der Waals surface area contributed by atoms with Crippen LogP contribution in [0.1, 0.15) is 48.0 Å². The van der Waals surface area contributed by atoms with Crippen LogP contribution >= 0.6 is 0 Å². The third kappa shape index (κ3) is 6.67. The van der Waals surface area contributed by atoms with E-state index in [4.69, 9.17) is 9.57 Å². The summed E-state index contributed by atoms with van der Waals surface area (Å²) >= 11 is 0. The second kappa shape index (κ2) is 7.79. The highest BCUT2D eigenvalue weighted by molar-refractivity contribution is 4.81. The summed E-state index contributed by atoms with van der Waals surface area (Å²) in [5.41, 5.74) is 0.228. The lowest BCUT2D eigenvalue weighted by Crippen LogP contribution is -2.53. The second-order valence-corrected chi connectivity index (χ2v) is 8.86. The van der Waals surface area contributed by atoms with Crippen LogP contribution in [0.2, 0.25) is 0 Å². The van der Waals surface area contributed by atoms with Gasteiger partial charge in [-0.25, -0.2) is 0 Å². The SMILES string of the molecule is CC(C)(C)OCCN1CCC(ON2CCN(C(C)(C)C)CC2)C1. The predicted molar refractivity (Wildman–Crippen MR) is 94.5 cm³/mol. The van der Waals surface area contributed by atoms with E-state index in [0.717, 1.165) is 58.8 Å². The quantitative estimate of drug-likeness (QED) is 0.772. The Morgan fingerprint density at radius 2 is 1.57 bits per heavy atom. The van der Waals surface area contributed by atoms with Crippen molar-refractivity contribution in [2.24, 2.45) is 0 Å². The molecule has 0 N–H and O–H groups in total. The van der Waals surface area contributed by atoms with Crippen molar-refractivity contribution in [1.82, 2.24) is 14.9 Å². The maximum absolute atomic E-state index is 6.21. The first kappa shape index (κ1) is 19.1. The Morgan fingerprint density at radius 3 is 2.13 bits per heavy atom. The lowest BCUT2D eigenvalue weighted by Gasteiger charge is -2.42. The van der Waals surface area contributed by atoms with E-state index in [1.54, 1.807) is 0 Å². The van der Waals surface area contributed by atoms with Gasteiger partial charge in [-0.3, -0.25) is 14.6 Å². The molecular weight excluding hydrogens is 290 g/mol. The van der Waals surface area contributed by atoms with E-state index in [1.165, 1.54) is 0 Å². The first-order valence-corrected chi connectivity index (χ1v) is 9.16. The molecule has 5 nitrogen and oxygen atoms in total. The maximum Gasteiger partial charge on any atom is 0.0931 e. The van der Waals surface area contributed by atoms with E-state index < -0.39 is 0 Å². The average Bonchev–Trinajstić information content (AvgIpc) is 2.84. The molecule has 2 saturated heterocycles. The van der Waals surface area contributed by atoms with Crippen molar-refractivity contribution < 1.29 is 9.57 Å². The van der Waals surface area contributed by atoms with E-state index in [0.29, 0.717) is 6.10 Å². The second-order valence-electron chi connectivity index (χ2n) is 8.86. The fourth-order valence-electron chi connectivity index (χ4n) is 3.24. The molecular formula is C18H37N3O2. The number of ether oxygens (including phenoxy) is 1. The van der Waals surface area contributed by atoms with Crippen LogP contribution in [0.3, 0.4) is 0 Å². The Bertz CT molecular complexity index is 354. The van der Waals surface area contributed by atoms with Gasteiger partial charge in [-0.15, -0.1) is 0 Å². The van der Waals surface area contributed by atoms with Crippen LogP contribution in [0.25, 0.3) is 0 Å². The number of rotatable bonds is 5. The van der Waals surface area contributed by atoms with E-state index in [1.807, 2.05) is 0 Å². The Kier molecular flexibility index (Phi) is 6.48. The molecule has 0 aromatic heterocycles. The number of nitrogens with zero attached hydrogens (tertiary/aromatic N) is 3. The van der Waals surface area contributed by atoms with Crippen LogP contribution in [-0.4, -0.2) is 84.5 Å². The monoisotopic (exact) mass is 327 g/mol. The molecule has 1 unspecified atom stereocenters. The molecule has 1 atom stereocenters. The van der Waals surface area contributed by atoms with Gasteiger partial charge in [0.1, 0.15) is 0 Å². The average molecular weight is 328 g/mol. The van der Waals surface area contributed by atoms with Crippen molar-refractivity contribution in [2.45, 2.75) is 65.2 Å². The van der Waals surface area contributed by atoms with Crippen molar-refractivity contribution in [2.75, 3.05) is 52.4 Å². The summed E-state index contributed by atoms with van der Waals surface area (Å²) in [4.78, 5) is 11.2. The molecule has 2 heterocycles. The minimum Gasteiger partial charge on any atom is -0.375 e. The zero-order valence-corrected chi connectivity index (χ0v) is 16.1. The fraction of sp³-hybridized carbons (Fsp3) is 1.00. The molecule has 0 saturated carbocycles. The third-order valence-corrected chi connectivity index (χ3v) is 4.66. The predicted octanol–water partition coefficient (Wildman–Crippen LogP) is 2.22. The Balaban J connectivity index is 1.63. The van der Waals surface area contributed by atoms with Gasteiger partial charge in [0.05, 0.1) is 18.3 Å². The van der Waals surface area contributed by atoms with Gasteiger partial charge < -0.3 is 4.74 Å². The maximum atomic E-state index is 6.21. The van der Waals surface area contributed by atoms with Gasteiger partial charge in [-0.2, -0.15) is 5.06 Å². The molecule has 0 aromatic carbocycles. The summed E-state index contributed by atoms with van der Waals surface area (Å²) in [7, 11) is 0. The molecule has 23 heavy (non-hydrogen) atoms. The summed E-state index contributed by atoms with van der Waals surface area (Å²) < 4.78 is 5.82. The molecule has 0 aliphatic carbocycles. The Morgan fingerprint density at radius 1 is 0.913 bits per heavy atom. The van der Waals surface area contributed by atoms with Gasteiger partial charge in [0, 0.05) is 51.4 Å². The number of hydrogen-bond acceptors (Lipinski definition) is 5. The van der Waals surface area contributed by atoms with E-state index in [-0.39, 0.29) is 11.1 Å². The molecule has 0 radical (unpaired) electrons. The molecule has 2 aliphatic heterocycles. The summed E-state index contributed by atoms with van der Waals surface area (Å²) in [5, 5.41) is 2.18. The molecule has 5 heteroatoms. The molecule has 0 amide bonds. The number of likely N-dealkylation sites (tertiary alicyclic amines) is 1. The molecule has 2 aliphatic rings. The van der Waals surface area contributed by atoms with E-state index in [2.05, 4.69) is 56.4 Å². The van der Waals surface area contributed by atoms with Crippen molar-refractivity contribution in [3.05, 3.63) is 0 Å². The van der Waals surface area contributed by atoms with E-state index >= 15 is 0 Å². The summed E-state index contributed by atoms with van der Waals surface area (Å²) in [6.07, 6.45) is 1.49. The molecule has 0 spiro atoms. The molecule has 2 fully saturated rings. The number of hydrogen-bond donors (Lipinski definition) is 0. The molecule has 2 rings (SSSR count). The van der Waals surface area contributed by atoms with Crippen molar-refractivity contribution in [1.29, 1.82) is 0 Å². The third-order valence-electron chi connectivity index (χ3n) is 4.66. The highest BCUT2D eigenvalue weighted by Gasteiger charge is 2.30. The van der Waals surface area contributed by atoms with Gasteiger partial charge in [-0.05, 0) is 48.0 Å². The zero-order chi connectivity index (χ0) is 17.1. The number of hydroxylamine groups is 2. The highest BCUT2D eigenvalue weighted by Crippen LogP contribution is 2.19. The van der Waals surface area contributed by atoms with Crippen LogP contribution in [0.4, 0.5) is 0 Å². The van der Waals surface area contributed by atoms with Gasteiger partial charge >= 0.3 is 0 Å². The molecule has 0 aromatic rings. The molecule has 0 bridgehead atoms. The van der Waals surface area contributed by atoms with Crippen molar-refractivity contribution >= 4 is 0 Å². The molecule has 136 valence electrons. The Hall–Kier alpha value is -0.200. The zero-order valence-electron chi connectivity index (χ0n) is 16.1. The first-order chi connectivity index (χ1) is 10.6. The van der Waals surface area contributed by atoms with Crippen LogP contribution in [0.5, 0.6) is 0 Å². The largest absolute Gasteiger partial charge is 0.375 e. The van der Waals surface area contributed by atoms with E-state index in [9.17, 15) is 0 Å². The summed E-state index contributed by atoms with van der Waals surface area (Å²) in [6.45, 7) is 21.4. The summed E-state index contributed by atoms with van der Waals surface area (Å²) in [5.74, 6) is 0. The van der Waals surface area contributed by atoms with Gasteiger partial charge in [0.25, 0.3) is 0 Å². The lowest BCUT2D eigenvalue weighted by atomic mass is 10.1.